The fourth-order valence-electron chi connectivity index (χ4n) is 0.778. The summed E-state index contributed by atoms with van der Waals surface area (Å²) in [6.07, 6.45) is 2.62. The standard InChI is InChI=1S/C5H7N5O2/c1-9-4(3-8-6)2-7-5(9)10(11)12/h2-3H,6H2,1H3/b8-3+. The molecular weight excluding hydrogens is 162 g/mol. The number of nitrogens with zero attached hydrogens (tertiary/aromatic N) is 4. The topological polar surface area (TPSA) is 99.3 Å². The largest absolute Gasteiger partial charge is 0.434 e. The van der Waals surface area contributed by atoms with Gasteiger partial charge in [0.05, 0.1) is 13.3 Å². The molecule has 0 radical (unpaired) electrons. The molecule has 7 heteroatoms. The zero-order chi connectivity index (χ0) is 9.14. The quantitative estimate of drug-likeness (QED) is 0.282. The molecule has 0 saturated carbocycles. The molecular formula is C5H7N5O2. The minimum absolute atomic E-state index is 0.232. The minimum Gasteiger partial charge on any atom is -0.390 e. The van der Waals surface area contributed by atoms with Gasteiger partial charge in [-0.3, -0.25) is 0 Å². The van der Waals surface area contributed by atoms with Gasteiger partial charge in [-0.2, -0.15) is 5.10 Å². The highest BCUT2D eigenvalue weighted by molar-refractivity contribution is 5.77. The highest BCUT2D eigenvalue weighted by atomic mass is 16.6. The minimum atomic E-state index is -0.576. The molecule has 0 bridgehead atoms. The van der Waals surface area contributed by atoms with E-state index in [1.165, 1.54) is 24.0 Å². The number of imidazole rings is 1. The summed E-state index contributed by atoms with van der Waals surface area (Å²) < 4.78 is 1.29. The van der Waals surface area contributed by atoms with E-state index in [4.69, 9.17) is 5.84 Å². The summed E-state index contributed by atoms with van der Waals surface area (Å²) >= 11 is 0. The zero-order valence-electron chi connectivity index (χ0n) is 6.34. The number of nitrogens with two attached hydrogens (primary N) is 1. The summed E-state index contributed by atoms with van der Waals surface area (Å²) in [5, 5.41) is 13.5. The molecule has 7 nitrogen and oxygen atoms in total. The first-order valence-electron chi connectivity index (χ1n) is 3.06. The first kappa shape index (κ1) is 8.18. The number of hydrazone groups is 1. The van der Waals surface area contributed by atoms with Crippen LogP contribution < -0.4 is 5.84 Å². The summed E-state index contributed by atoms with van der Waals surface area (Å²) in [7, 11) is 1.52. The molecule has 1 aromatic rings. The van der Waals surface area contributed by atoms with Gasteiger partial charge in [-0.1, -0.05) is 4.98 Å². The lowest BCUT2D eigenvalue weighted by molar-refractivity contribution is -0.396. The molecule has 0 aliphatic rings. The molecule has 0 fully saturated rings. The van der Waals surface area contributed by atoms with Crippen molar-refractivity contribution in [3.63, 3.8) is 0 Å². The Kier molecular flexibility index (Phi) is 2.04. The van der Waals surface area contributed by atoms with Gasteiger partial charge in [0.1, 0.15) is 6.20 Å². The van der Waals surface area contributed by atoms with Gasteiger partial charge in [0.15, 0.2) is 5.69 Å². The Morgan fingerprint density at radius 3 is 3.00 bits per heavy atom. The summed E-state index contributed by atoms with van der Waals surface area (Å²) in [5.74, 6) is 4.64. The van der Waals surface area contributed by atoms with Crippen LogP contribution in [0.3, 0.4) is 0 Å². The molecule has 12 heavy (non-hydrogen) atoms. The lowest BCUT2D eigenvalue weighted by Gasteiger charge is -1.93. The van der Waals surface area contributed by atoms with Crippen molar-refractivity contribution in [1.82, 2.24) is 9.55 Å². The van der Waals surface area contributed by atoms with E-state index in [1.54, 1.807) is 0 Å². The Balaban J connectivity index is 3.12. The van der Waals surface area contributed by atoms with E-state index in [9.17, 15) is 10.1 Å². The number of hydrogen-bond donors (Lipinski definition) is 1. The van der Waals surface area contributed by atoms with Crippen LogP contribution in [0.2, 0.25) is 0 Å². The third kappa shape index (κ3) is 1.24. The van der Waals surface area contributed by atoms with Crippen molar-refractivity contribution in [2.75, 3.05) is 0 Å². The number of nitro groups is 1. The lowest BCUT2D eigenvalue weighted by atomic mass is 10.5. The van der Waals surface area contributed by atoms with Crippen LogP contribution in [0.5, 0.6) is 0 Å². The maximum atomic E-state index is 10.3. The van der Waals surface area contributed by atoms with Crippen LogP contribution in [0, 0.1) is 10.1 Å². The van der Waals surface area contributed by atoms with Crippen LogP contribution in [-0.2, 0) is 7.05 Å². The van der Waals surface area contributed by atoms with Gasteiger partial charge in [0, 0.05) is 0 Å². The summed E-state index contributed by atoms with van der Waals surface area (Å²) in [5.41, 5.74) is 0.490. The first-order chi connectivity index (χ1) is 5.66. The molecule has 2 N–H and O–H groups in total. The number of rotatable bonds is 2. The Morgan fingerprint density at radius 1 is 1.92 bits per heavy atom. The molecule has 1 aromatic heterocycles. The average molecular weight is 169 g/mol. The van der Waals surface area contributed by atoms with Crippen molar-refractivity contribution in [3.05, 3.63) is 22.0 Å². The number of aromatic nitrogens is 2. The second-order valence-corrected chi connectivity index (χ2v) is 2.08. The zero-order valence-corrected chi connectivity index (χ0v) is 6.34. The summed E-state index contributed by atoms with van der Waals surface area (Å²) in [4.78, 5) is 13.3. The molecule has 0 unspecified atom stereocenters. The summed E-state index contributed by atoms with van der Waals surface area (Å²) in [6, 6.07) is 0. The van der Waals surface area contributed by atoms with Crippen molar-refractivity contribution in [1.29, 1.82) is 0 Å². The van der Waals surface area contributed by atoms with Gasteiger partial charge in [0.2, 0.25) is 0 Å². The van der Waals surface area contributed by atoms with Crippen molar-refractivity contribution in [2.45, 2.75) is 0 Å². The predicted octanol–water partition coefficient (Wildman–Crippen LogP) is -0.379. The normalized spacial score (nSPS) is 10.8. The second-order valence-electron chi connectivity index (χ2n) is 2.08. The molecule has 1 rings (SSSR count). The SMILES string of the molecule is Cn1c(/C=N/N)cnc1[N+](=O)[O-]. The van der Waals surface area contributed by atoms with Gasteiger partial charge in [-0.25, -0.2) is 4.57 Å². The van der Waals surface area contributed by atoms with E-state index < -0.39 is 4.92 Å². The molecule has 0 amide bonds. The molecule has 0 aliphatic carbocycles. The maximum Gasteiger partial charge on any atom is 0.434 e. The molecule has 1 heterocycles. The lowest BCUT2D eigenvalue weighted by Crippen LogP contribution is -2.01. The van der Waals surface area contributed by atoms with Gasteiger partial charge in [-0.15, -0.1) is 0 Å². The predicted molar refractivity (Wildman–Crippen MR) is 41.6 cm³/mol. The van der Waals surface area contributed by atoms with E-state index >= 15 is 0 Å². The molecule has 0 spiro atoms. The van der Waals surface area contributed by atoms with Crippen molar-refractivity contribution in [3.8, 4) is 0 Å². The monoisotopic (exact) mass is 169 g/mol. The van der Waals surface area contributed by atoms with Gasteiger partial charge < -0.3 is 16.0 Å². The number of hydrogen-bond acceptors (Lipinski definition) is 5. The van der Waals surface area contributed by atoms with E-state index in [0.29, 0.717) is 5.69 Å². The second kappa shape index (κ2) is 2.99. The average Bonchev–Trinajstić information content (AvgIpc) is 2.34. The third-order valence-electron chi connectivity index (χ3n) is 1.37. The van der Waals surface area contributed by atoms with Crippen LogP contribution in [0.15, 0.2) is 11.3 Å². The Labute approximate surface area is 67.7 Å². The van der Waals surface area contributed by atoms with E-state index in [-0.39, 0.29) is 5.95 Å². The molecule has 0 saturated heterocycles. The maximum absolute atomic E-state index is 10.3. The molecule has 0 aromatic carbocycles. The van der Waals surface area contributed by atoms with E-state index in [2.05, 4.69) is 10.1 Å². The van der Waals surface area contributed by atoms with Gasteiger partial charge in [-0.05, 0) is 4.92 Å². The van der Waals surface area contributed by atoms with E-state index in [0.717, 1.165) is 0 Å². The Bertz CT molecular complexity index is 329. The molecule has 0 atom stereocenters. The highest BCUT2D eigenvalue weighted by Crippen LogP contribution is 2.07. The van der Waals surface area contributed by atoms with Crippen molar-refractivity contribution < 1.29 is 4.92 Å². The third-order valence-corrected chi connectivity index (χ3v) is 1.37. The van der Waals surface area contributed by atoms with E-state index in [1.807, 2.05) is 0 Å². The van der Waals surface area contributed by atoms with Crippen LogP contribution in [0.4, 0.5) is 5.95 Å². The molecule has 0 aliphatic heterocycles. The van der Waals surface area contributed by atoms with Crippen LogP contribution in [0.1, 0.15) is 5.69 Å². The fraction of sp³-hybridized carbons (Fsp3) is 0.200. The van der Waals surface area contributed by atoms with Gasteiger partial charge in [0.25, 0.3) is 0 Å². The Morgan fingerprint density at radius 2 is 2.58 bits per heavy atom. The van der Waals surface area contributed by atoms with Crippen LogP contribution in [0.25, 0.3) is 0 Å². The Hall–Kier alpha value is -1.92. The fourth-order valence-corrected chi connectivity index (χ4v) is 0.778. The van der Waals surface area contributed by atoms with Gasteiger partial charge >= 0.3 is 5.95 Å². The van der Waals surface area contributed by atoms with Crippen molar-refractivity contribution in [2.24, 2.45) is 18.0 Å². The summed E-state index contributed by atoms with van der Waals surface area (Å²) in [6.45, 7) is 0. The van der Waals surface area contributed by atoms with Crippen LogP contribution >= 0.6 is 0 Å². The van der Waals surface area contributed by atoms with Crippen LogP contribution in [-0.4, -0.2) is 20.7 Å². The first-order valence-corrected chi connectivity index (χ1v) is 3.06. The molecule has 64 valence electrons. The van der Waals surface area contributed by atoms with Crippen molar-refractivity contribution >= 4 is 12.2 Å². The highest BCUT2D eigenvalue weighted by Gasteiger charge is 2.15. The smallest absolute Gasteiger partial charge is 0.390 e.